The van der Waals surface area contributed by atoms with Gasteiger partial charge in [0.25, 0.3) is 0 Å². The predicted octanol–water partition coefficient (Wildman–Crippen LogP) is 1.12. The highest BCUT2D eigenvalue weighted by Crippen LogP contribution is 2.41. The average Bonchev–Trinajstić information content (AvgIpc) is 3.08. The Labute approximate surface area is 132 Å². The van der Waals surface area contributed by atoms with E-state index < -0.39 is 5.72 Å². The van der Waals surface area contributed by atoms with E-state index in [-0.39, 0.29) is 18.5 Å². The van der Waals surface area contributed by atoms with Gasteiger partial charge in [0.1, 0.15) is 16.3 Å². The SMILES string of the molecule is C=CCSc1nc(N)nc2c1ncn2C1(O)CCCC1CO. The predicted molar refractivity (Wildman–Crippen MR) is 85.3 cm³/mol. The van der Waals surface area contributed by atoms with E-state index in [2.05, 4.69) is 21.5 Å². The highest BCUT2D eigenvalue weighted by molar-refractivity contribution is 7.99. The van der Waals surface area contributed by atoms with Crippen molar-refractivity contribution in [1.29, 1.82) is 0 Å². The van der Waals surface area contributed by atoms with Crippen LogP contribution in [0.1, 0.15) is 19.3 Å². The Hall–Kier alpha value is -1.64. The molecule has 2 atom stereocenters. The van der Waals surface area contributed by atoms with Gasteiger partial charge in [-0.1, -0.05) is 17.8 Å². The van der Waals surface area contributed by atoms with Crippen molar-refractivity contribution in [2.24, 2.45) is 5.92 Å². The number of fused-ring (bicyclic) bond motifs is 1. The van der Waals surface area contributed by atoms with Crippen LogP contribution in [0.15, 0.2) is 24.0 Å². The Kier molecular flexibility index (Phi) is 4.07. The molecule has 0 bridgehead atoms. The molecule has 4 N–H and O–H groups in total. The van der Waals surface area contributed by atoms with Crippen LogP contribution < -0.4 is 5.73 Å². The summed E-state index contributed by atoms with van der Waals surface area (Å²) in [4.78, 5) is 12.8. The summed E-state index contributed by atoms with van der Waals surface area (Å²) >= 11 is 1.47. The van der Waals surface area contributed by atoms with E-state index in [1.54, 1.807) is 17.0 Å². The van der Waals surface area contributed by atoms with Gasteiger partial charge in [0.15, 0.2) is 5.65 Å². The first-order chi connectivity index (χ1) is 10.6. The Morgan fingerprint density at radius 1 is 1.55 bits per heavy atom. The van der Waals surface area contributed by atoms with E-state index in [4.69, 9.17) is 5.73 Å². The maximum Gasteiger partial charge on any atom is 0.223 e. The molecule has 2 aromatic rings. The van der Waals surface area contributed by atoms with Crippen LogP contribution >= 0.6 is 11.8 Å². The van der Waals surface area contributed by atoms with Gasteiger partial charge in [-0.25, -0.2) is 9.97 Å². The zero-order chi connectivity index (χ0) is 15.7. The van der Waals surface area contributed by atoms with Crippen LogP contribution in [0.3, 0.4) is 0 Å². The minimum atomic E-state index is -1.18. The van der Waals surface area contributed by atoms with E-state index in [1.165, 1.54) is 11.8 Å². The third-order valence-corrected chi connectivity index (χ3v) is 5.07. The molecule has 22 heavy (non-hydrogen) atoms. The number of nitrogens with two attached hydrogens (primary N) is 1. The minimum Gasteiger partial charge on any atom is -0.396 e. The molecule has 0 aromatic carbocycles. The van der Waals surface area contributed by atoms with Crippen molar-refractivity contribution in [2.45, 2.75) is 30.0 Å². The second-order valence-corrected chi connectivity index (χ2v) is 6.43. The fraction of sp³-hybridized carbons (Fsp3) is 0.500. The Morgan fingerprint density at radius 2 is 2.36 bits per heavy atom. The van der Waals surface area contributed by atoms with Gasteiger partial charge in [-0.15, -0.1) is 6.58 Å². The molecule has 0 spiro atoms. The largest absolute Gasteiger partial charge is 0.396 e. The van der Waals surface area contributed by atoms with Crippen LogP contribution in [0.4, 0.5) is 5.95 Å². The fourth-order valence-electron chi connectivity index (χ4n) is 3.01. The van der Waals surface area contributed by atoms with Gasteiger partial charge < -0.3 is 15.9 Å². The van der Waals surface area contributed by atoms with E-state index in [1.807, 2.05) is 0 Å². The van der Waals surface area contributed by atoms with Crippen LogP contribution in [0.25, 0.3) is 11.2 Å². The molecule has 1 saturated carbocycles. The summed E-state index contributed by atoms with van der Waals surface area (Å²) in [5.74, 6) is 0.593. The quantitative estimate of drug-likeness (QED) is 0.430. The highest BCUT2D eigenvalue weighted by atomic mass is 32.2. The van der Waals surface area contributed by atoms with Gasteiger partial charge in [-0.05, 0) is 19.3 Å². The first-order valence-corrected chi connectivity index (χ1v) is 8.16. The number of imidazole rings is 1. The second kappa shape index (κ2) is 5.86. The molecule has 8 heteroatoms. The monoisotopic (exact) mass is 321 g/mol. The lowest BCUT2D eigenvalue weighted by molar-refractivity contribution is -0.0844. The minimum absolute atomic E-state index is 0.0746. The number of aromatic nitrogens is 4. The van der Waals surface area contributed by atoms with Gasteiger partial charge >= 0.3 is 0 Å². The number of rotatable bonds is 5. The molecule has 0 amide bonds. The normalized spacial score (nSPS) is 24.9. The standard InChI is InChI=1S/C14H19N5O2S/c1-2-6-22-12-10-11(17-13(15)18-12)19(8-16-10)14(21)5-3-4-9(14)7-20/h2,8-9,20-21H,1,3-7H2,(H2,15,17,18). The lowest BCUT2D eigenvalue weighted by Gasteiger charge is -2.30. The summed E-state index contributed by atoms with van der Waals surface area (Å²) in [6.07, 6.45) is 5.51. The number of hydrogen-bond donors (Lipinski definition) is 3. The van der Waals surface area contributed by atoms with Gasteiger partial charge in [-0.3, -0.25) is 4.57 Å². The molecular formula is C14H19N5O2S. The third-order valence-electron chi connectivity index (χ3n) is 4.11. The molecule has 1 aliphatic rings. The molecule has 1 aliphatic carbocycles. The summed E-state index contributed by atoms with van der Waals surface area (Å²) in [6, 6.07) is 0. The Bertz CT molecular complexity index is 704. The Morgan fingerprint density at radius 3 is 3.09 bits per heavy atom. The maximum atomic E-state index is 11.0. The summed E-state index contributed by atoms with van der Waals surface area (Å²) in [5.41, 5.74) is 5.74. The van der Waals surface area contributed by atoms with Crippen LogP contribution in [0, 0.1) is 5.92 Å². The first kappa shape index (κ1) is 15.3. The molecule has 2 heterocycles. The van der Waals surface area contributed by atoms with Crippen LogP contribution in [-0.4, -0.2) is 42.1 Å². The highest BCUT2D eigenvalue weighted by Gasteiger charge is 2.43. The zero-order valence-electron chi connectivity index (χ0n) is 12.1. The average molecular weight is 321 g/mol. The third kappa shape index (κ3) is 2.37. The van der Waals surface area contributed by atoms with Crippen molar-refractivity contribution in [3.8, 4) is 0 Å². The first-order valence-electron chi connectivity index (χ1n) is 7.18. The van der Waals surface area contributed by atoms with Crippen molar-refractivity contribution in [2.75, 3.05) is 18.1 Å². The summed E-state index contributed by atoms with van der Waals surface area (Å²) in [6.45, 7) is 3.62. The van der Waals surface area contributed by atoms with Crippen LogP contribution in [-0.2, 0) is 5.72 Å². The molecule has 3 rings (SSSR count). The van der Waals surface area contributed by atoms with Crippen molar-refractivity contribution < 1.29 is 10.2 Å². The van der Waals surface area contributed by atoms with Gasteiger partial charge in [0.05, 0.1) is 12.9 Å². The van der Waals surface area contributed by atoms with E-state index in [0.717, 1.165) is 12.8 Å². The fourth-order valence-corrected chi connectivity index (χ4v) is 3.73. The van der Waals surface area contributed by atoms with E-state index in [0.29, 0.717) is 28.4 Å². The smallest absolute Gasteiger partial charge is 0.223 e. The number of thioether (sulfide) groups is 1. The summed E-state index contributed by atoms with van der Waals surface area (Å²) in [7, 11) is 0. The van der Waals surface area contributed by atoms with Gasteiger partial charge in [0, 0.05) is 11.7 Å². The number of anilines is 1. The van der Waals surface area contributed by atoms with Crippen LogP contribution in [0.2, 0.25) is 0 Å². The summed E-state index contributed by atoms with van der Waals surface area (Å²) in [5, 5.41) is 21.2. The lowest BCUT2D eigenvalue weighted by atomic mass is 10.0. The Balaban J connectivity index is 2.12. The topological polar surface area (TPSA) is 110 Å². The van der Waals surface area contributed by atoms with Gasteiger partial charge in [-0.2, -0.15) is 4.98 Å². The molecule has 0 aliphatic heterocycles. The molecule has 7 nitrogen and oxygen atoms in total. The molecule has 118 valence electrons. The van der Waals surface area contributed by atoms with E-state index in [9.17, 15) is 10.2 Å². The number of nitrogen functional groups attached to an aromatic ring is 1. The lowest BCUT2D eigenvalue weighted by Crippen LogP contribution is -2.38. The van der Waals surface area contributed by atoms with Crippen LogP contribution in [0.5, 0.6) is 0 Å². The zero-order valence-corrected chi connectivity index (χ0v) is 13.0. The number of aliphatic hydroxyl groups is 2. The van der Waals surface area contributed by atoms with Crippen molar-refractivity contribution in [1.82, 2.24) is 19.5 Å². The van der Waals surface area contributed by atoms with Crippen molar-refractivity contribution in [3.63, 3.8) is 0 Å². The molecule has 2 unspecified atom stereocenters. The number of nitrogens with zero attached hydrogens (tertiary/aromatic N) is 4. The molecule has 1 fully saturated rings. The number of aliphatic hydroxyl groups excluding tert-OH is 1. The maximum absolute atomic E-state index is 11.0. The molecular weight excluding hydrogens is 302 g/mol. The number of hydrogen-bond acceptors (Lipinski definition) is 7. The van der Waals surface area contributed by atoms with Crippen molar-refractivity contribution in [3.05, 3.63) is 19.0 Å². The van der Waals surface area contributed by atoms with E-state index >= 15 is 0 Å². The molecule has 2 aromatic heterocycles. The van der Waals surface area contributed by atoms with Crippen molar-refractivity contribution >= 4 is 28.9 Å². The molecule has 0 radical (unpaired) electrons. The van der Waals surface area contributed by atoms with Gasteiger partial charge in [0.2, 0.25) is 5.95 Å². The summed E-state index contributed by atoms with van der Waals surface area (Å²) < 4.78 is 1.63. The molecule has 0 saturated heterocycles. The second-order valence-electron chi connectivity index (χ2n) is 5.42.